The van der Waals surface area contributed by atoms with Gasteiger partial charge in [0.2, 0.25) is 10.0 Å². The van der Waals surface area contributed by atoms with Crippen molar-refractivity contribution >= 4 is 51.3 Å². The number of hydrogen-bond donors (Lipinski definition) is 3. The molecule has 0 aliphatic rings. The van der Waals surface area contributed by atoms with Gasteiger partial charge in [0.15, 0.2) is 5.96 Å². The topological polar surface area (TPSA) is 96.6 Å². The first-order valence-corrected chi connectivity index (χ1v) is 9.68. The van der Waals surface area contributed by atoms with Crippen molar-refractivity contribution in [1.29, 1.82) is 0 Å². The maximum absolute atomic E-state index is 12.5. The number of hydrogen-bond acceptors (Lipinski definition) is 4. The molecular formula is C15H18F3IN4O2S2. The van der Waals surface area contributed by atoms with Crippen molar-refractivity contribution in [2.24, 2.45) is 10.1 Å². The van der Waals surface area contributed by atoms with Gasteiger partial charge >= 0.3 is 6.18 Å². The first kappa shape index (κ1) is 23.7. The lowest BCUT2D eigenvalue weighted by Crippen LogP contribution is -2.36. The first-order valence-electron chi connectivity index (χ1n) is 7.32. The minimum absolute atomic E-state index is 0. The van der Waals surface area contributed by atoms with Gasteiger partial charge in [-0.15, -0.1) is 35.3 Å². The van der Waals surface area contributed by atoms with Crippen LogP contribution in [0.25, 0.3) is 0 Å². The zero-order valence-electron chi connectivity index (χ0n) is 14.1. The Morgan fingerprint density at radius 2 is 1.70 bits per heavy atom. The monoisotopic (exact) mass is 534 g/mol. The summed E-state index contributed by atoms with van der Waals surface area (Å²) in [6.45, 7) is 0.609. The van der Waals surface area contributed by atoms with Gasteiger partial charge in [-0.3, -0.25) is 4.99 Å². The molecule has 150 valence electrons. The number of thiophene rings is 1. The SMILES string of the molecule is CN=C(NCc1ccc(C(F)(F)F)cc1)NCc1ccc(S(N)(=O)=O)s1.I. The van der Waals surface area contributed by atoms with E-state index in [1.165, 1.54) is 18.2 Å². The van der Waals surface area contributed by atoms with E-state index in [-0.39, 0.29) is 34.7 Å². The molecule has 0 saturated heterocycles. The third-order valence-electron chi connectivity index (χ3n) is 3.31. The number of alkyl halides is 3. The van der Waals surface area contributed by atoms with Crippen molar-refractivity contribution in [1.82, 2.24) is 10.6 Å². The minimum atomic E-state index is -4.36. The van der Waals surface area contributed by atoms with Gasteiger partial charge in [-0.2, -0.15) is 13.2 Å². The molecule has 6 nitrogen and oxygen atoms in total. The quantitative estimate of drug-likeness (QED) is 0.313. The first-order chi connectivity index (χ1) is 12.1. The number of nitrogens with two attached hydrogens (primary N) is 1. The summed E-state index contributed by atoms with van der Waals surface area (Å²) in [6, 6.07) is 7.89. The Bertz CT molecular complexity index is 881. The molecule has 0 spiro atoms. The van der Waals surface area contributed by atoms with Crippen molar-refractivity contribution in [2.75, 3.05) is 7.05 Å². The molecule has 1 aromatic heterocycles. The average Bonchev–Trinajstić information content (AvgIpc) is 3.04. The lowest BCUT2D eigenvalue weighted by atomic mass is 10.1. The summed E-state index contributed by atoms with van der Waals surface area (Å²) in [4.78, 5) is 4.75. The lowest BCUT2D eigenvalue weighted by molar-refractivity contribution is -0.137. The zero-order valence-corrected chi connectivity index (χ0v) is 18.0. The van der Waals surface area contributed by atoms with E-state index in [2.05, 4.69) is 15.6 Å². The van der Waals surface area contributed by atoms with Gasteiger partial charge in [0, 0.05) is 18.5 Å². The molecule has 27 heavy (non-hydrogen) atoms. The Kier molecular flexibility index (Phi) is 8.50. The molecule has 4 N–H and O–H groups in total. The molecule has 0 aliphatic carbocycles. The number of nitrogens with zero attached hydrogens (tertiary/aromatic N) is 1. The van der Waals surface area contributed by atoms with Crippen LogP contribution in [0.15, 0.2) is 45.6 Å². The van der Waals surface area contributed by atoms with Crippen molar-refractivity contribution in [3.8, 4) is 0 Å². The average molecular weight is 534 g/mol. The number of primary sulfonamides is 1. The molecular weight excluding hydrogens is 516 g/mol. The summed E-state index contributed by atoms with van der Waals surface area (Å²) in [7, 11) is -2.17. The fourth-order valence-corrected chi connectivity index (χ4v) is 3.71. The summed E-state index contributed by atoms with van der Waals surface area (Å²) in [5.41, 5.74) is -0.0410. The van der Waals surface area contributed by atoms with Crippen LogP contribution in [0.4, 0.5) is 13.2 Å². The summed E-state index contributed by atoms with van der Waals surface area (Å²) < 4.78 is 60.2. The number of guanidine groups is 1. The van der Waals surface area contributed by atoms with Crippen LogP contribution in [0.5, 0.6) is 0 Å². The molecule has 1 aromatic carbocycles. The lowest BCUT2D eigenvalue weighted by Gasteiger charge is -2.12. The molecule has 0 bridgehead atoms. The van der Waals surface area contributed by atoms with E-state index in [9.17, 15) is 21.6 Å². The van der Waals surface area contributed by atoms with E-state index >= 15 is 0 Å². The largest absolute Gasteiger partial charge is 0.416 e. The van der Waals surface area contributed by atoms with Gasteiger partial charge in [-0.25, -0.2) is 13.6 Å². The van der Waals surface area contributed by atoms with Gasteiger partial charge in [-0.05, 0) is 29.8 Å². The minimum Gasteiger partial charge on any atom is -0.352 e. The number of rotatable bonds is 5. The molecule has 0 unspecified atom stereocenters. The van der Waals surface area contributed by atoms with Crippen LogP contribution in [0.1, 0.15) is 16.0 Å². The van der Waals surface area contributed by atoms with E-state index in [0.717, 1.165) is 28.3 Å². The van der Waals surface area contributed by atoms with E-state index in [0.29, 0.717) is 18.1 Å². The van der Waals surface area contributed by atoms with Crippen LogP contribution in [-0.4, -0.2) is 21.4 Å². The number of aliphatic imine (C=N–C) groups is 1. The Balaban J connectivity index is 0.00000364. The number of halogens is 4. The van der Waals surface area contributed by atoms with Crippen LogP contribution in [0.3, 0.4) is 0 Å². The summed E-state index contributed by atoms with van der Waals surface area (Å²) in [6.07, 6.45) is -4.36. The van der Waals surface area contributed by atoms with Crippen molar-refractivity contribution < 1.29 is 21.6 Å². The molecule has 2 aromatic rings. The highest BCUT2D eigenvalue weighted by atomic mass is 127. The van der Waals surface area contributed by atoms with Crippen molar-refractivity contribution in [2.45, 2.75) is 23.5 Å². The fraction of sp³-hybridized carbons (Fsp3) is 0.267. The Hall–Kier alpha value is -1.38. The maximum Gasteiger partial charge on any atom is 0.416 e. The van der Waals surface area contributed by atoms with Crippen molar-refractivity contribution in [3.05, 3.63) is 52.4 Å². The number of benzene rings is 1. The highest BCUT2D eigenvalue weighted by Gasteiger charge is 2.29. The Morgan fingerprint density at radius 1 is 1.11 bits per heavy atom. The van der Waals surface area contributed by atoms with Crippen LogP contribution in [-0.2, 0) is 29.3 Å². The number of nitrogens with one attached hydrogen (secondary N) is 2. The van der Waals surface area contributed by atoms with E-state index in [1.807, 2.05) is 0 Å². The normalized spacial score (nSPS) is 12.4. The predicted molar refractivity (Wildman–Crippen MR) is 110 cm³/mol. The zero-order chi connectivity index (χ0) is 19.4. The smallest absolute Gasteiger partial charge is 0.352 e. The maximum atomic E-state index is 12.5. The van der Waals surface area contributed by atoms with Crippen LogP contribution in [0, 0.1) is 0 Å². The second-order valence-electron chi connectivity index (χ2n) is 5.24. The highest BCUT2D eigenvalue weighted by Crippen LogP contribution is 2.29. The second-order valence-corrected chi connectivity index (χ2v) is 8.20. The molecule has 0 radical (unpaired) electrons. The van der Waals surface area contributed by atoms with Gasteiger partial charge < -0.3 is 10.6 Å². The molecule has 1 heterocycles. The third-order valence-corrected chi connectivity index (χ3v) is 5.84. The van der Waals surface area contributed by atoms with E-state index in [4.69, 9.17) is 5.14 Å². The summed E-state index contributed by atoms with van der Waals surface area (Å²) >= 11 is 1.05. The molecule has 0 amide bonds. The molecule has 2 rings (SSSR count). The number of sulfonamides is 1. The van der Waals surface area contributed by atoms with E-state index in [1.54, 1.807) is 13.1 Å². The summed E-state index contributed by atoms with van der Waals surface area (Å²) in [5, 5.41) is 11.0. The fourth-order valence-electron chi connectivity index (χ4n) is 1.99. The van der Waals surface area contributed by atoms with E-state index < -0.39 is 21.8 Å². The van der Waals surface area contributed by atoms with Crippen molar-refractivity contribution in [3.63, 3.8) is 0 Å². The van der Waals surface area contributed by atoms with Crippen LogP contribution < -0.4 is 15.8 Å². The Labute approximate surface area is 176 Å². The molecule has 0 saturated carbocycles. The predicted octanol–water partition coefficient (Wildman–Crippen LogP) is 2.90. The van der Waals surface area contributed by atoms with Gasteiger partial charge in [0.1, 0.15) is 4.21 Å². The van der Waals surface area contributed by atoms with Crippen LogP contribution >= 0.6 is 35.3 Å². The standard InChI is InChI=1S/C15H17F3N4O2S2.HI/c1-20-14(22-9-12-6-7-13(25-12)26(19,23)24)21-8-10-2-4-11(5-3-10)15(16,17)18;/h2-7H,8-9H2,1H3,(H2,19,23,24)(H2,20,21,22);1H. The highest BCUT2D eigenvalue weighted by molar-refractivity contribution is 14.0. The molecule has 0 fully saturated rings. The van der Waals surface area contributed by atoms with Gasteiger partial charge in [0.25, 0.3) is 0 Å². The molecule has 0 aliphatic heterocycles. The molecule has 0 atom stereocenters. The molecule has 12 heteroatoms. The van der Waals surface area contributed by atoms with Gasteiger partial charge in [-0.1, -0.05) is 12.1 Å². The third kappa shape index (κ3) is 7.27. The Morgan fingerprint density at radius 3 is 2.19 bits per heavy atom. The summed E-state index contributed by atoms with van der Waals surface area (Å²) in [5.74, 6) is 0.426. The van der Waals surface area contributed by atoms with Gasteiger partial charge in [0.05, 0.1) is 12.1 Å². The second kappa shape index (κ2) is 9.71. The van der Waals surface area contributed by atoms with Crippen LogP contribution in [0.2, 0.25) is 0 Å².